The molecule has 0 heterocycles. The van der Waals surface area contributed by atoms with Crippen molar-refractivity contribution in [1.82, 2.24) is 0 Å². The molecule has 0 fully saturated rings. The van der Waals surface area contributed by atoms with Gasteiger partial charge in [-0.1, -0.05) is 31.4 Å². The summed E-state index contributed by atoms with van der Waals surface area (Å²) < 4.78 is 0. The first kappa shape index (κ1) is 11.9. The van der Waals surface area contributed by atoms with Gasteiger partial charge in [-0.3, -0.25) is 0 Å². The van der Waals surface area contributed by atoms with Gasteiger partial charge in [-0.05, 0) is 5.57 Å². The predicted octanol–water partition coefficient (Wildman–Crippen LogP) is 0.852. The molecule has 0 aromatic rings. The van der Waals surface area contributed by atoms with E-state index in [2.05, 4.69) is 13.2 Å². The fraction of sp³-hybridized carbons (Fsp3) is 0.250. The number of aliphatic hydroxyl groups excluding tert-OH is 1. The Kier molecular flexibility index (Phi) is 13.1. The number of aliphatic hydroxyl groups is 1. The first-order valence-corrected chi connectivity index (χ1v) is 2.94. The van der Waals surface area contributed by atoms with Crippen LogP contribution in [-0.4, -0.2) is 18.8 Å². The van der Waals surface area contributed by atoms with Crippen LogP contribution in [0.15, 0.2) is 37.0 Å². The Balaban J connectivity index is 0. The third-order valence-corrected chi connectivity index (χ3v) is 0.830. The molecule has 0 atom stereocenters. The van der Waals surface area contributed by atoms with Crippen molar-refractivity contribution in [3.05, 3.63) is 37.0 Å². The molecule has 10 heavy (non-hydrogen) atoms. The maximum absolute atomic E-state index is 7.00. The highest BCUT2D eigenvalue weighted by Crippen LogP contribution is 1.90. The van der Waals surface area contributed by atoms with Crippen molar-refractivity contribution < 1.29 is 5.11 Å². The first-order valence-electron chi connectivity index (χ1n) is 2.94. The lowest BCUT2D eigenvalue weighted by atomic mass is 10.2. The van der Waals surface area contributed by atoms with Crippen molar-refractivity contribution in [2.24, 2.45) is 5.73 Å². The molecule has 2 nitrogen and oxygen atoms in total. The average Bonchev–Trinajstić information content (AvgIpc) is 2.04. The fourth-order valence-electron chi connectivity index (χ4n) is 0.371. The Morgan fingerprint density at radius 2 is 2.00 bits per heavy atom. The minimum Gasteiger partial charge on any atom is -0.400 e. The van der Waals surface area contributed by atoms with Gasteiger partial charge in [-0.2, -0.15) is 0 Å². The number of rotatable bonds is 3. The van der Waals surface area contributed by atoms with Crippen molar-refractivity contribution in [2.45, 2.75) is 0 Å². The molecule has 0 unspecified atom stereocenters. The highest BCUT2D eigenvalue weighted by molar-refractivity contribution is 5.21. The van der Waals surface area contributed by atoms with Crippen molar-refractivity contribution >= 4 is 0 Å². The van der Waals surface area contributed by atoms with Gasteiger partial charge in [0, 0.05) is 13.7 Å². The van der Waals surface area contributed by atoms with Gasteiger partial charge in [0.1, 0.15) is 0 Å². The molecular formula is C8H15NO. The number of allylic oxidation sites excluding steroid dienone is 2. The molecule has 0 radical (unpaired) electrons. The summed E-state index contributed by atoms with van der Waals surface area (Å²) in [6.45, 7) is 7.61. The van der Waals surface area contributed by atoms with E-state index in [1.807, 2.05) is 6.08 Å². The summed E-state index contributed by atoms with van der Waals surface area (Å²) in [7, 11) is 1.00. The summed E-state index contributed by atoms with van der Waals surface area (Å²) in [4.78, 5) is 0. The second-order valence-corrected chi connectivity index (χ2v) is 1.39. The molecule has 0 saturated carbocycles. The van der Waals surface area contributed by atoms with E-state index in [9.17, 15) is 0 Å². The molecule has 0 aliphatic rings. The fourth-order valence-corrected chi connectivity index (χ4v) is 0.371. The molecule has 0 aliphatic carbocycles. The third-order valence-electron chi connectivity index (χ3n) is 0.830. The van der Waals surface area contributed by atoms with Crippen LogP contribution in [0.25, 0.3) is 0 Å². The lowest BCUT2D eigenvalue weighted by molar-refractivity contribution is 0.399. The highest BCUT2D eigenvalue weighted by Gasteiger charge is 1.79. The second kappa shape index (κ2) is 11.0. The second-order valence-electron chi connectivity index (χ2n) is 1.39. The van der Waals surface area contributed by atoms with E-state index in [-0.39, 0.29) is 0 Å². The minimum atomic E-state index is 0.537. The molecule has 0 aliphatic heterocycles. The van der Waals surface area contributed by atoms with Crippen molar-refractivity contribution in [3.63, 3.8) is 0 Å². The molecule has 58 valence electrons. The van der Waals surface area contributed by atoms with Crippen LogP contribution in [0.3, 0.4) is 0 Å². The Hall–Kier alpha value is -0.860. The summed E-state index contributed by atoms with van der Waals surface area (Å²) in [5.74, 6) is 0. The SMILES string of the molecule is C=C/C=C(\C=C)CN.CO. The van der Waals surface area contributed by atoms with Crippen LogP contribution >= 0.6 is 0 Å². The standard InChI is InChI=1S/C7H11N.CH4O/c1-3-5-7(4-2)6-8;1-2/h3-5H,1-2,6,8H2;2H,1H3/b7-5+;. The van der Waals surface area contributed by atoms with E-state index < -0.39 is 0 Å². The highest BCUT2D eigenvalue weighted by atomic mass is 16.2. The van der Waals surface area contributed by atoms with E-state index in [1.54, 1.807) is 12.2 Å². The number of nitrogens with two attached hydrogens (primary N) is 1. The van der Waals surface area contributed by atoms with Crippen LogP contribution in [0, 0.1) is 0 Å². The van der Waals surface area contributed by atoms with Gasteiger partial charge in [0.25, 0.3) is 0 Å². The summed E-state index contributed by atoms with van der Waals surface area (Å²) in [6.07, 6.45) is 5.26. The van der Waals surface area contributed by atoms with Gasteiger partial charge in [-0.15, -0.1) is 0 Å². The Morgan fingerprint density at radius 3 is 2.10 bits per heavy atom. The predicted molar refractivity (Wildman–Crippen MR) is 45.7 cm³/mol. The smallest absolute Gasteiger partial charge is 0.0319 e. The Labute approximate surface area is 62.4 Å². The minimum absolute atomic E-state index is 0.537. The molecule has 0 spiro atoms. The molecule has 0 aromatic carbocycles. The monoisotopic (exact) mass is 141 g/mol. The van der Waals surface area contributed by atoms with Crippen LogP contribution in [0.5, 0.6) is 0 Å². The maximum atomic E-state index is 7.00. The molecule has 2 heteroatoms. The van der Waals surface area contributed by atoms with Crippen LogP contribution in [0.2, 0.25) is 0 Å². The molecular weight excluding hydrogens is 126 g/mol. The molecule has 0 saturated heterocycles. The van der Waals surface area contributed by atoms with E-state index in [4.69, 9.17) is 10.8 Å². The van der Waals surface area contributed by atoms with Crippen LogP contribution in [0.4, 0.5) is 0 Å². The molecule has 0 rings (SSSR count). The Morgan fingerprint density at radius 1 is 1.50 bits per heavy atom. The van der Waals surface area contributed by atoms with Gasteiger partial charge in [0.05, 0.1) is 0 Å². The van der Waals surface area contributed by atoms with Gasteiger partial charge in [-0.25, -0.2) is 0 Å². The summed E-state index contributed by atoms with van der Waals surface area (Å²) in [6, 6.07) is 0. The van der Waals surface area contributed by atoms with E-state index >= 15 is 0 Å². The van der Waals surface area contributed by atoms with Crippen LogP contribution < -0.4 is 5.73 Å². The molecule has 3 N–H and O–H groups in total. The zero-order chi connectivity index (χ0) is 8.41. The quantitative estimate of drug-likeness (QED) is 0.572. The average molecular weight is 141 g/mol. The van der Waals surface area contributed by atoms with Gasteiger partial charge < -0.3 is 10.8 Å². The van der Waals surface area contributed by atoms with Gasteiger partial charge >= 0.3 is 0 Å². The van der Waals surface area contributed by atoms with Gasteiger partial charge in [0.2, 0.25) is 0 Å². The summed E-state index contributed by atoms with van der Waals surface area (Å²) in [5.41, 5.74) is 6.30. The van der Waals surface area contributed by atoms with Crippen LogP contribution in [0.1, 0.15) is 0 Å². The largest absolute Gasteiger partial charge is 0.400 e. The zero-order valence-corrected chi connectivity index (χ0v) is 6.38. The normalized spacial score (nSPS) is 9.30. The van der Waals surface area contributed by atoms with E-state index in [0.29, 0.717) is 6.54 Å². The van der Waals surface area contributed by atoms with Crippen molar-refractivity contribution in [2.75, 3.05) is 13.7 Å². The number of hydrogen-bond donors (Lipinski definition) is 2. The lowest BCUT2D eigenvalue weighted by Gasteiger charge is -1.89. The maximum Gasteiger partial charge on any atom is 0.0319 e. The first-order chi connectivity index (χ1) is 4.85. The summed E-state index contributed by atoms with van der Waals surface area (Å²) >= 11 is 0. The Bertz CT molecular complexity index is 116. The molecule has 0 aromatic heterocycles. The lowest BCUT2D eigenvalue weighted by Crippen LogP contribution is -1.99. The zero-order valence-electron chi connectivity index (χ0n) is 6.38. The van der Waals surface area contributed by atoms with Crippen molar-refractivity contribution in [3.8, 4) is 0 Å². The third kappa shape index (κ3) is 7.14. The molecule has 0 bridgehead atoms. The van der Waals surface area contributed by atoms with Crippen molar-refractivity contribution in [1.29, 1.82) is 0 Å². The van der Waals surface area contributed by atoms with Gasteiger partial charge in [0.15, 0.2) is 0 Å². The number of hydrogen-bond acceptors (Lipinski definition) is 2. The van der Waals surface area contributed by atoms with Crippen LogP contribution in [-0.2, 0) is 0 Å². The molecule has 0 amide bonds. The summed E-state index contributed by atoms with van der Waals surface area (Å²) in [5, 5.41) is 7.00. The van der Waals surface area contributed by atoms with E-state index in [0.717, 1.165) is 12.7 Å². The topological polar surface area (TPSA) is 46.2 Å². The van der Waals surface area contributed by atoms with E-state index in [1.165, 1.54) is 0 Å².